The van der Waals surface area contributed by atoms with Crippen molar-refractivity contribution in [1.29, 1.82) is 0 Å². The summed E-state index contributed by atoms with van der Waals surface area (Å²) < 4.78 is 25.2. The number of hydrogen-bond donors (Lipinski definition) is 2. The maximum atomic E-state index is 14.2. The summed E-state index contributed by atoms with van der Waals surface area (Å²) in [7, 11) is 0. The lowest BCUT2D eigenvalue weighted by atomic mass is 9.85. The standard InChI is InChI=1S/C18H22FN3O3/c1-11-17(25-9-8-24-11)18(23)22-7-6-15-13(10-22)16(21-20-15)12-4-2-3-5-14(12)19/h2-5,13,15-16,20-21H,6-10H2,1H3. The number of nitrogens with zero attached hydrogens (tertiary/aromatic N) is 1. The molecule has 3 aliphatic heterocycles. The topological polar surface area (TPSA) is 62.8 Å². The van der Waals surface area contributed by atoms with Crippen LogP contribution in [0.4, 0.5) is 4.39 Å². The maximum Gasteiger partial charge on any atom is 0.292 e. The highest BCUT2D eigenvalue weighted by Gasteiger charge is 2.43. The van der Waals surface area contributed by atoms with Gasteiger partial charge in [0.15, 0.2) is 0 Å². The molecule has 0 saturated carbocycles. The number of likely N-dealkylation sites (tertiary alicyclic amines) is 1. The number of amides is 1. The predicted molar refractivity (Wildman–Crippen MR) is 88.5 cm³/mol. The van der Waals surface area contributed by atoms with E-state index in [0.717, 1.165) is 6.42 Å². The minimum absolute atomic E-state index is 0.0972. The Morgan fingerprint density at radius 1 is 1.24 bits per heavy atom. The van der Waals surface area contributed by atoms with Crippen LogP contribution in [0.2, 0.25) is 0 Å². The lowest BCUT2D eigenvalue weighted by Crippen LogP contribution is -2.48. The number of allylic oxidation sites excluding steroid dienone is 1. The molecule has 134 valence electrons. The lowest BCUT2D eigenvalue weighted by Gasteiger charge is -2.37. The summed E-state index contributed by atoms with van der Waals surface area (Å²) >= 11 is 0. The largest absolute Gasteiger partial charge is 0.491 e. The molecule has 6 nitrogen and oxygen atoms in total. The quantitative estimate of drug-likeness (QED) is 0.848. The van der Waals surface area contributed by atoms with E-state index in [1.54, 1.807) is 24.0 Å². The third kappa shape index (κ3) is 2.98. The molecule has 1 amide bonds. The van der Waals surface area contributed by atoms with E-state index < -0.39 is 0 Å². The zero-order valence-corrected chi connectivity index (χ0v) is 14.1. The fourth-order valence-corrected chi connectivity index (χ4v) is 3.88. The van der Waals surface area contributed by atoms with E-state index in [4.69, 9.17) is 9.47 Å². The second-order valence-corrected chi connectivity index (χ2v) is 6.68. The first kappa shape index (κ1) is 16.4. The van der Waals surface area contributed by atoms with Gasteiger partial charge in [0.25, 0.3) is 5.91 Å². The fourth-order valence-electron chi connectivity index (χ4n) is 3.88. The highest BCUT2D eigenvalue weighted by molar-refractivity contribution is 5.92. The molecule has 0 bridgehead atoms. The molecule has 4 rings (SSSR count). The molecular formula is C18H22FN3O3. The van der Waals surface area contributed by atoms with Crippen molar-refractivity contribution >= 4 is 5.91 Å². The van der Waals surface area contributed by atoms with E-state index in [1.165, 1.54) is 6.07 Å². The fraction of sp³-hybridized carbons (Fsp3) is 0.500. The highest BCUT2D eigenvalue weighted by Crippen LogP contribution is 2.35. The predicted octanol–water partition coefficient (Wildman–Crippen LogP) is 1.47. The maximum absolute atomic E-state index is 14.2. The number of piperidine rings is 1. The van der Waals surface area contributed by atoms with Crippen molar-refractivity contribution in [3.8, 4) is 0 Å². The normalized spacial score (nSPS) is 29.0. The van der Waals surface area contributed by atoms with Gasteiger partial charge in [-0.2, -0.15) is 0 Å². The summed E-state index contributed by atoms with van der Waals surface area (Å²) in [5, 5.41) is 0. The number of carbonyl (C=O) groups excluding carboxylic acids is 1. The number of hydrazine groups is 1. The number of fused-ring (bicyclic) bond motifs is 1. The number of hydrogen-bond acceptors (Lipinski definition) is 5. The van der Waals surface area contributed by atoms with E-state index in [-0.39, 0.29) is 29.7 Å². The van der Waals surface area contributed by atoms with Crippen LogP contribution in [-0.2, 0) is 14.3 Å². The molecule has 2 fully saturated rings. The summed E-state index contributed by atoms with van der Waals surface area (Å²) in [4.78, 5) is 14.6. The Hall–Kier alpha value is -2.12. The molecule has 3 heterocycles. The van der Waals surface area contributed by atoms with Crippen LogP contribution in [0.5, 0.6) is 0 Å². The summed E-state index contributed by atoms with van der Waals surface area (Å²) in [5.41, 5.74) is 7.10. The van der Waals surface area contributed by atoms with Gasteiger partial charge in [-0.3, -0.25) is 10.2 Å². The van der Waals surface area contributed by atoms with Crippen molar-refractivity contribution in [3.05, 3.63) is 47.2 Å². The van der Waals surface area contributed by atoms with Crippen LogP contribution >= 0.6 is 0 Å². The smallest absolute Gasteiger partial charge is 0.292 e. The molecule has 1 aromatic carbocycles. The second-order valence-electron chi connectivity index (χ2n) is 6.68. The van der Waals surface area contributed by atoms with Gasteiger partial charge in [-0.1, -0.05) is 18.2 Å². The minimum atomic E-state index is -0.228. The molecule has 0 aromatic heterocycles. The summed E-state index contributed by atoms with van der Waals surface area (Å²) in [6.07, 6.45) is 0.807. The van der Waals surface area contributed by atoms with Crippen molar-refractivity contribution in [3.63, 3.8) is 0 Å². The van der Waals surface area contributed by atoms with Crippen LogP contribution in [0, 0.1) is 11.7 Å². The summed E-state index contributed by atoms with van der Waals surface area (Å²) in [5.74, 6) is 0.557. The van der Waals surface area contributed by atoms with Gasteiger partial charge in [-0.05, 0) is 19.4 Å². The lowest BCUT2D eigenvalue weighted by molar-refractivity contribution is -0.134. The number of benzene rings is 1. The van der Waals surface area contributed by atoms with Crippen LogP contribution in [0.1, 0.15) is 24.9 Å². The van der Waals surface area contributed by atoms with Crippen molar-refractivity contribution < 1.29 is 18.7 Å². The van der Waals surface area contributed by atoms with Crippen LogP contribution in [0.15, 0.2) is 35.8 Å². The molecule has 25 heavy (non-hydrogen) atoms. The Bertz CT molecular complexity index is 709. The van der Waals surface area contributed by atoms with E-state index >= 15 is 0 Å². The monoisotopic (exact) mass is 347 g/mol. The minimum Gasteiger partial charge on any atom is -0.491 e. The summed E-state index contributed by atoms with van der Waals surface area (Å²) in [6.45, 7) is 3.79. The van der Waals surface area contributed by atoms with E-state index in [1.807, 2.05) is 6.07 Å². The first-order chi connectivity index (χ1) is 12.1. The molecule has 1 aromatic rings. The van der Waals surface area contributed by atoms with Crippen LogP contribution in [-0.4, -0.2) is 43.2 Å². The zero-order valence-electron chi connectivity index (χ0n) is 14.1. The first-order valence-electron chi connectivity index (χ1n) is 8.66. The molecule has 2 N–H and O–H groups in total. The van der Waals surface area contributed by atoms with Gasteiger partial charge in [0, 0.05) is 30.6 Å². The molecule has 0 radical (unpaired) electrons. The average Bonchev–Trinajstić information content (AvgIpc) is 3.05. The third-order valence-electron chi connectivity index (χ3n) is 5.20. The summed E-state index contributed by atoms with van der Waals surface area (Å²) in [6, 6.07) is 6.83. The van der Waals surface area contributed by atoms with E-state index in [9.17, 15) is 9.18 Å². The molecule has 7 heteroatoms. The number of carbonyl (C=O) groups is 1. The SMILES string of the molecule is CC1=C(C(=O)N2CCC3NNC(c4ccccc4F)C3C2)OCCO1. The molecule has 2 saturated heterocycles. The Morgan fingerprint density at radius 3 is 2.84 bits per heavy atom. The van der Waals surface area contributed by atoms with E-state index in [2.05, 4.69) is 10.9 Å². The van der Waals surface area contributed by atoms with Gasteiger partial charge in [0.1, 0.15) is 24.8 Å². The van der Waals surface area contributed by atoms with Crippen LogP contribution < -0.4 is 10.9 Å². The molecule has 0 spiro atoms. The molecule has 3 aliphatic rings. The number of ether oxygens (including phenoxy) is 2. The van der Waals surface area contributed by atoms with Gasteiger partial charge in [-0.15, -0.1) is 0 Å². The van der Waals surface area contributed by atoms with Gasteiger partial charge in [0.05, 0.1) is 6.04 Å². The third-order valence-corrected chi connectivity index (χ3v) is 5.20. The molecule has 0 aliphatic carbocycles. The number of nitrogens with one attached hydrogen (secondary N) is 2. The first-order valence-corrected chi connectivity index (χ1v) is 8.66. The number of rotatable bonds is 2. The van der Waals surface area contributed by atoms with Crippen LogP contribution in [0.25, 0.3) is 0 Å². The van der Waals surface area contributed by atoms with Crippen LogP contribution in [0.3, 0.4) is 0 Å². The van der Waals surface area contributed by atoms with E-state index in [0.29, 0.717) is 43.4 Å². The molecular weight excluding hydrogens is 325 g/mol. The van der Waals surface area contributed by atoms with Gasteiger partial charge in [-0.25, -0.2) is 9.82 Å². The Labute approximate surface area is 145 Å². The van der Waals surface area contributed by atoms with Gasteiger partial charge >= 0.3 is 0 Å². The van der Waals surface area contributed by atoms with Crippen molar-refractivity contribution in [2.45, 2.75) is 25.4 Å². The number of halogens is 1. The second kappa shape index (κ2) is 6.65. The molecule has 3 atom stereocenters. The van der Waals surface area contributed by atoms with Gasteiger partial charge in [0.2, 0.25) is 5.76 Å². The molecule has 3 unspecified atom stereocenters. The van der Waals surface area contributed by atoms with Crippen molar-refractivity contribution in [2.75, 3.05) is 26.3 Å². The average molecular weight is 347 g/mol. The zero-order chi connectivity index (χ0) is 17.4. The Morgan fingerprint density at radius 2 is 2.04 bits per heavy atom. The Balaban J connectivity index is 1.54. The Kier molecular flexibility index (Phi) is 4.35. The van der Waals surface area contributed by atoms with Crippen molar-refractivity contribution in [2.24, 2.45) is 5.92 Å². The van der Waals surface area contributed by atoms with Crippen molar-refractivity contribution in [1.82, 2.24) is 15.8 Å². The van der Waals surface area contributed by atoms with Gasteiger partial charge < -0.3 is 14.4 Å². The highest BCUT2D eigenvalue weighted by atomic mass is 19.1.